The third-order valence-corrected chi connectivity index (χ3v) is 1.81. The van der Waals surface area contributed by atoms with Gasteiger partial charge in [-0.05, 0) is 0 Å². The van der Waals surface area contributed by atoms with Crippen molar-refractivity contribution in [3.05, 3.63) is 0 Å². The van der Waals surface area contributed by atoms with Crippen molar-refractivity contribution in [3.63, 3.8) is 0 Å². The largest absolute Gasteiger partial charge is 0.372 e. The Bertz CT molecular complexity index is 93.1. The SMILES string of the molecule is Cl.FC1[C@@H]2CO[C@H]1CN2. The highest BCUT2D eigenvalue weighted by atomic mass is 35.5. The van der Waals surface area contributed by atoms with E-state index < -0.39 is 6.17 Å². The van der Waals surface area contributed by atoms with Crippen LogP contribution in [0.15, 0.2) is 0 Å². The molecule has 1 unspecified atom stereocenters. The second-order valence-electron chi connectivity index (χ2n) is 2.33. The lowest BCUT2D eigenvalue weighted by molar-refractivity contribution is 0.0735. The monoisotopic (exact) mass is 153 g/mol. The Labute approximate surface area is 59.2 Å². The highest BCUT2D eigenvalue weighted by Crippen LogP contribution is 2.22. The van der Waals surface area contributed by atoms with Crippen LogP contribution in [0.2, 0.25) is 0 Å². The number of hydrogen-bond acceptors (Lipinski definition) is 2. The number of halogens is 2. The van der Waals surface area contributed by atoms with Crippen LogP contribution in [0.4, 0.5) is 4.39 Å². The molecular formula is C5H9ClFNO. The van der Waals surface area contributed by atoms with Crippen molar-refractivity contribution in [2.45, 2.75) is 18.3 Å². The standard InChI is InChI=1S/C5H8FNO.ClH/c6-5-3-2-8-4(5)1-7-3;/h3-5,7H,1-2H2;1H/t3-,4-,5?;/m0./s1. The summed E-state index contributed by atoms with van der Waals surface area (Å²) < 4.78 is 17.6. The molecule has 2 aliphatic rings. The van der Waals surface area contributed by atoms with Gasteiger partial charge in [-0.2, -0.15) is 0 Å². The zero-order valence-corrected chi connectivity index (χ0v) is 5.66. The molecule has 3 atom stereocenters. The molecule has 0 radical (unpaired) electrons. The van der Waals surface area contributed by atoms with E-state index in [9.17, 15) is 4.39 Å². The molecule has 2 bridgehead atoms. The highest BCUT2D eigenvalue weighted by molar-refractivity contribution is 5.85. The van der Waals surface area contributed by atoms with E-state index in [0.717, 1.165) is 0 Å². The molecule has 0 saturated carbocycles. The lowest BCUT2D eigenvalue weighted by Crippen LogP contribution is -2.31. The summed E-state index contributed by atoms with van der Waals surface area (Å²) in [7, 11) is 0. The third kappa shape index (κ3) is 0.933. The Kier molecular flexibility index (Phi) is 1.94. The quantitative estimate of drug-likeness (QED) is 0.534. The molecule has 2 rings (SSSR count). The molecule has 2 heterocycles. The molecule has 0 aromatic heterocycles. The maximum atomic E-state index is 12.6. The average molecular weight is 154 g/mol. The fraction of sp³-hybridized carbons (Fsp3) is 1.00. The first-order valence-electron chi connectivity index (χ1n) is 2.87. The number of fused-ring (bicyclic) bond motifs is 2. The summed E-state index contributed by atoms with van der Waals surface area (Å²) in [6.07, 6.45) is -0.880. The molecular weight excluding hydrogens is 145 g/mol. The van der Waals surface area contributed by atoms with E-state index in [1.54, 1.807) is 0 Å². The lowest BCUT2D eigenvalue weighted by atomic mass is 10.2. The number of alkyl halides is 1. The number of nitrogens with one attached hydrogen (secondary N) is 1. The molecule has 1 N–H and O–H groups in total. The maximum Gasteiger partial charge on any atom is 0.145 e. The number of hydrogen-bond donors (Lipinski definition) is 1. The molecule has 2 fully saturated rings. The van der Waals surface area contributed by atoms with Gasteiger partial charge < -0.3 is 10.1 Å². The third-order valence-electron chi connectivity index (χ3n) is 1.81. The number of rotatable bonds is 0. The second-order valence-corrected chi connectivity index (χ2v) is 2.33. The summed E-state index contributed by atoms with van der Waals surface area (Å²) in [6, 6.07) is -0.000000000000000222. The van der Waals surface area contributed by atoms with Gasteiger partial charge in [-0.1, -0.05) is 0 Å². The Balaban J connectivity index is 0.000000405. The second kappa shape index (κ2) is 2.40. The normalized spacial score (nSPS) is 47.0. The van der Waals surface area contributed by atoms with Crippen molar-refractivity contribution in [1.29, 1.82) is 0 Å². The Morgan fingerprint density at radius 3 is 2.44 bits per heavy atom. The molecule has 0 aromatic rings. The minimum atomic E-state index is -0.741. The zero-order chi connectivity index (χ0) is 5.56. The molecule has 0 amide bonds. The van der Waals surface area contributed by atoms with Crippen LogP contribution < -0.4 is 5.32 Å². The maximum absolute atomic E-state index is 12.6. The fourth-order valence-electron chi connectivity index (χ4n) is 1.28. The van der Waals surface area contributed by atoms with Crippen LogP contribution in [0.25, 0.3) is 0 Å². The van der Waals surface area contributed by atoms with Gasteiger partial charge in [0.05, 0.1) is 12.6 Å². The summed E-state index contributed by atoms with van der Waals surface area (Å²) in [6.45, 7) is 1.26. The van der Waals surface area contributed by atoms with E-state index in [4.69, 9.17) is 4.74 Å². The van der Waals surface area contributed by atoms with Crippen molar-refractivity contribution >= 4 is 12.4 Å². The van der Waals surface area contributed by atoms with Gasteiger partial charge >= 0.3 is 0 Å². The van der Waals surface area contributed by atoms with Crippen molar-refractivity contribution in [3.8, 4) is 0 Å². The van der Waals surface area contributed by atoms with E-state index in [-0.39, 0.29) is 24.6 Å². The topological polar surface area (TPSA) is 21.3 Å². The summed E-state index contributed by atoms with van der Waals surface area (Å²) in [5.41, 5.74) is 0. The van der Waals surface area contributed by atoms with Gasteiger partial charge in [0.2, 0.25) is 0 Å². The van der Waals surface area contributed by atoms with E-state index in [2.05, 4.69) is 5.32 Å². The van der Waals surface area contributed by atoms with Crippen LogP contribution in [-0.2, 0) is 4.74 Å². The minimum absolute atomic E-state index is 0. The van der Waals surface area contributed by atoms with E-state index in [1.165, 1.54) is 0 Å². The van der Waals surface area contributed by atoms with Crippen molar-refractivity contribution < 1.29 is 9.13 Å². The van der Waals surface area contributed by atoms with Gasteiger partial charge in [-0.15, -0.1) is 12.4 Å². The van der Waals surface area contributed by atoms with Gasteiger partial charge in [0.15, 0.2) is 0 Å². The van der Waals surface area contributed by atoms with Gasteiger partial charge in [0.25, 0.3) is 0 Å². The van der Waals surface area contributed by atoms with Crippen LogP contribution in [-0.4, -0.2) is 31.5 Å². The average Bonchev–Trinajstić information content (AvgIpc) is 2.29. The molecule has 2 aliphatic heterocycles. The smallest absolute Gasteiger partial charge is 0.145 e. The molecule has 0 aromatic carbocycles. The van der Waals surface area contributed by atoms with E-state index in [1.807, 2.05) is 0 Å². The van der Waals surface area contributed by atoms with Gasteiger partial charge in [0, 0.05) is 6.54 Å². The van der Waals surface area contributed by atoms with Crippen LogP contribution >= 0.6 is 12.4 Å². The Morgan fingerprint density at radius 1 is 1.56 bits per heavy atom. The highest BCUT2D eigenvalue weighted by Gasteiger charge is 2.42. The van der Waals surface area contributed by atoms with Crippen LogP contribution in [0.1, 0.15) is 0 Å². The van der Waals surface area contributed by atoms with Gasteiger partial charge in [-0.25, -0.2) is 4.39 Å². The molecule has 54 valence electrons. The van der Waals surface area contributed by atoms with Gasteiger partial charge in [-0.3, -0.25) is 0 Å². The summed E-state index contributed by atoms with van der Waals surface area (Å²) in [5, 5.41) is 3.01. The van der Waals surface area contributed by atoms with Crippen LogP contribution in [0.5, 0.6) is 0 Å². The summed E-state index contributed by atoms with van der Waals surface area (Å²) in [4.78, 5) is 0. The van der Waals surface area contributed by atoms with Crippen LogP contribution in [0.3, 0.4) is 0 Å². The Hall–Kier alpha value is 0.140. The van der Waals surface area contributed by atoms with Crippen molar-refractivity contribution in [2.75, 3.05) is 13.2 Å². The van der Waals surface area contributed by atoms with Gasteiger partial charge in [0.1, 0.15) is 12.3 Å². The number of ether oxygens (including phenoxy) is 1. The first-order chi connectivity index (χ1) is 3.88. The summed E-state index contributed by atoms with van der Waals surface area (Å²) in [5.74, 6) is 0. The fourth-order valence-corrected chi connectivity index (χ4v) is 1.28. The molecule has 2 nitrogen and oxygen atoms in total. The molecule has 9 heavy (non-hydrogen) atoms. The summed E-state index contributed by atoms with van der Waals surface area (Å²) >= 11 is 0. The molecule has 2 saturated heterocycles. The number of morpholine rings is 1. The lowest BCUT2D eigenvalue weighted by Gasteiger charge is -2.08. The first kappa shape index (κ1) is 7.25. The van der Waals surface area contributed by atoms with Crippen LogP contribution in [0, 0.1) is 0 Å². The molecule has 4 heteroatoms. The van der Waals surface area contributed by atoms with E-state index >= 15 is 0 Å². The minimum Gasteiger partial charge on any atom is -0.372 e. The zero-order valence-electron chi connectivity index (χ0n) is 4.84. The molecule has 0 spiro atoms. The predicted octanol–water partition coefficient (Wildman–Crippen LogP) is 0.117. The van der Waals surface area contributed by atoms with Crippen molar-refractivity contribution in [1.82, 2.24) is 5.32 Å². The Morgan fingerprint density at radius 2 is 2.33 bits per heavy atom. The molecule has 0 aliphatic carbocycles. The van der Waals surface area contributed by atoms with E-state index in [0.29, 0.717) is 13.2 Å². The first-order valence-corrected chi connectivity index (χ1v) is 2.87. The predicted molar refractivity (Wildman–Crippen MR) is 33.7 cm³/mol. The van der Waals surface area contributed by atoms with Crippen molar-refractivity contribution in [2.24, 2.45) is 0 Å².